The Morgan fingerprint density at radius 2 is 1.48 bits per heavy atom. The van der Waals surface area contributed by atoms with Crippen LogP contribution in [0.3, 0.4) is 0 Å². The van der Waals surface area contributed by atoms with Gasteiger partial charge in [-0.1, -0.05) is 29.8 Å². The monoisotopic (exact) mass is 602 g/mol. The minimum Gasteiger partial charge on any atom is -0.370 e. The molecule has 5 rings (SSSR count). The van der Waals surface area contributed by atoms with Gasteiger partial charge in [0.15, 0.2) is 0 Å². The van der Waals surface area contributed by atoms with Crippen molar-refractivity contribution in [1.82, 2.24) is 4.31 Å². The number of halogens is 1. The molecule has 3 aromatic carbocycles. The number of nitrogens with one attached hydrogen (secondary N) is 2. The molecule has 0 radical (unpaired) electrons. The molecule has 0 spiro atoms. The number of piperidine rings is 1. The minimum atomic E-state index is -4.09. The summed E-state index contributed by atoms with van der Waals surface area (Å²) in [5.74, 6) is -0.549. The van der Waals surface area contributed by atoms with Crippen LogP contribution in [0.5, 0.6) is 0 Å². The van der Waals surface area contributed by atoms with Gasteiger partial charge in [-0.15, -0.1) is 0 Å². The molecule has 0 aliphatic carbocycles. The maximum atomic E-state index is 13.6. The zero-order valence-corrected chi connectivity index (χ0v) is 24.2. The Morgan fingerprint density at radius 3 is 2.20 bits per heavy atom. The fourth-order valence-electron chi connectivity index (χ4n) is 5.03. The third-order valence-corrected chi connectivity index (χ3v) is 10.7. The van der Waals surface area contributed by atoms with Crippen LogP contribution in [-0.4, -0.2) is 53.2 Å². The van der Waals surface area contributed by atoms with E-state index in [0.717, 1.165) is 45.2 Å². The van der Waals surface area contributed by atoms with E-state index < -0.39 is 26.0 Å². The molecular formula is C28H31ClN4O5S2. The van der Waals surface area contributed by atoms with E-state index in [9.17, 15) is 21.6 Å². The van der Waals surface area contributed by atoms with Crippen LogP contribution in [0.2, 0.25) is 5.02 Å². The number of sulfonamides is 2. The summed E-state index contributed by atoms with van der Waals surface area (Å²) in [5.41, 5.74) is 1.20. The van der Waals surface area contributed by atoms with E-state index in [1.54, 1.807) is 36.4 Å². The van der Waals surface area contributed by atoms with Crippen molar-refractivity contribution >= 4 is 54.6 Å². The molecule has 0 saturated carbocycles. The highest BCUT2D eigenvalue weighted by atomic mass is 35.5. The van der Waals surface area contributed by atoms with Gasteiger partial charge in [0, 0.05) is 37.4 Å². The number of rotatable bonds is 8. The van der Waals surface area contributed by atoms with Crippen LogP contribution in [0.15, 0.2) is 76.5 Å². The second kappa shape index (κ2) is 11.8. The molecule has 212 valence electrons. The fraction of sp³-hybridized carbons (Fsp3) is 0.321. The van der Waals surface area contributed by atoms with Gasteiger partial charge >= 0.3 is 0 Å². The van der Waals surface area contributed by atoms with E-state index in [0.29, 0.717) is 18.8 Å². The van der Waals surface area contributed by atoms with Crippen LogP contribution in [0.1, 0.15) is 42.5 Å². The summed E-state index contributed by atoms with van der Waals surface area (Å²) in [6.45, 7) is 2.36. The summed E-state index contributed by atoms with van der Waals surface area (Å²) in [6, 6.07) is 17.2. The molecule has 2 aliphatic heterocycles. The molecule has 9 nitrogen and oxygen atoms in total. The molecule has 3 aromatic rings. The van der Waals surface area contributed by atoms with Gasteiger partial charge in [-0.25, -0.2) is 16.8 Å². The lowest BCUT2D eigenvalue weighted by atomic mass is 10.1. The Labute approximate surface area is 240 Å². The number of hydrogen-bond acceptors (Lipinski definition) is 6. The van der Waals surface area contributed by atoms with Gasteiger partial charge in [0.1, 0.15) is 4.90 Å². The topological polar surface area (TPSA) is 116 Å². The maximum absolute atomic E-state index is 13.6. The van der Waals surface area contributed by atoms with E-state index >= 15 is 0 Å². The smallest absolute Gasteiger partial charge is 0.264 e. The number of amides is 1. The predicted octanol–water partition coefficient (Wildman–Crippen LogP) is 5.17. The number of carbonyl (C=O) groups is 1. The first-order valence-corrected chi connectivity index (χ1v) is 16.5. The van der Waals surface area contributed by atoms with E-state index in [2.05, 4.69) is 10.0 Å². The van der Waals surface area contributed by atoms with Gasteiger partial charge in [0.05, 0.1) is 21.3 Å². The fourth-order valence-corrected chi connectivity index (χ4v) is 8.16. The number of carbonyl (C=O) groups excluding carboxylic acids is 1. The Hall–Kier alpha value is -3.12. The summed E-state index contributed by atoms with van der Waals surface area (Å²) < 4.78 is 57.2. The highest BCUT2D eigenvalue weighted by Gasteiger charge is 2.28. The first-order chi connectivity index (χ1) is 19.1. The first kappa shape index (κ1) is 28.4. The number of benzene rings is 3. The quantitative estimate of drug-likeness (QED) is 0.368. The Bertz CT molecular complexity index is 1620. The van der Waals surface area contributed by atoms with Gasteiger partial charge in [-0.2, -0.15) is 4.31 Å². The van der Waals surface area contributed by atoms with E-state index in [-0.39, 0.29) is 31.8 Å². The van der Waals surface area contributed by atoms with Gasteiger partial charge in [0.25, 0.3) is 15.9 Å². The molecule has 2 saturated heterocycles. The lowest BCUT2D eigenvalue weighted by Gasteiger charge is -2.30. The third-order valence-electron chi connectivity index (χ3n) is 7.12. The van der Waals surface area contributed by atoms with E-state index in [4.69, 9.17) is 11.6 Å². The summed E-state index contributed by atoms with van der Waals surface area (Å²) in [5, 5.41) is 3.00. The van der Waals surface area contributed by atoms with Gasteiger partial charge in [-0.05, 0) is 80.6 Å². The molecule has 2 aliphatic rings. The molecule has 0 unspecified atom stereocenters. The summed E-state index contributed by atoms with van der Waals surface area (Å²) in [6.07, 6.45) is 4.60. The second-order valence-corrected chi connectivity index (χ2v) is 13.9. The van der Waals surface area contributed by atoms with E-state index in [1.165, 1.54) is 34.6 Å². The highest BCUT2D eigenvalue weighted by molar-refractivity contribution is 7.93. The van der Waals surface area contributed by atoms with Crippen LogP contribution in [-0.2, 0) is 20.0 Å². The van der Waals surface area contributed by atoms with Crippen molar-refractivity contribution in [3.05, 3.63) is 77.3 Å². The predicted molar refractivity (Wildman–Crippen MR) is 157 cm³/mol. The van der Waals surface area contributed by atoms with Crippen LogP contribution in [0, 0.1) is 0 Å². The highest BCUT2D eigenvalue weighted by Crippen LogP contribution is 2.33. The average molecular weight is 603 g/mol. The van der Waals surface area contributed by atoms with Crippen LogP contribution in [0.4, 0.5) is 17.1 Å². The standard InChI is InChI=1S/C28H31ClN4O5S2/c29-24-11-2-3-12-25(24)31-39(35,36)27-20-22(13-14-26(27)32-15-4-1-5-16-32)30-28(34)21-9-8-10-23(19-21)40(37,38)33-17-6-7-18-33/h2-3,8-14,19-20,31H,1,4-7,15-18H2,(H,30,34). The van der Waals surface area contributed by atoms with E-state index in [1.807, 2.05) is 4.90 Å². The lowest BCUT2D eigenvalue weighted by molar-refractivity contribution is 0.102. The summed E-state index contributed by atoms with van der Waals surface area (Å²) in [7, 11) is -7.78. The second-order valence-electron chi connectivity index (χ2n) is 9.91. The first-order valence-electron chi connectivity index (χ1n) is 13.2. The molecule has 12 heteroatoms. The number of hydrogen-bond donors (Lipinski definition) is 2. The molecule has 0 atom stereocenters. The van der Waals surface area contributed by atoms with Crippen molar-refractivity contribution in [3.63, 3.8) is 0 Å². The molecule has 0 aromatic heterocycles. The van der Waals surface area contributed by atoms with Crippen molar-refractivity contribution in [2.75, 3.05) is 41.1 Å². The van der Waals surface area contributed by atoms with Crippen molar-refractivity contribution in [1.29, 1.82) is 0 Å². The minimum absolute atomic E-state index is 0.0116. The third kappa shape index (κ3) is 6.12. The molecule has 40 heavy (non-hydrogen) atoms. The van der Waals surface area contributed by atoms with Crippen LogP contribution in [0.25, 0.3) is 0 Å². The van der Waals surface area contributed by atoms with Crippen LogP contribution >= 0.6 is 11.6 Å². The van der Waals surface area contributed by atoms with Crippen LogP contribution < -0.4 is 14.9 Å². The lowest BCUT2D eigenvalue weighted by Crippen LogP contribution is -2.31. The number of para-hydroxylation sites is 1. The number of nitrogens with zero attached hydrogens (tertiary/aromatic N) is 2. The van der Waals surface area contributed by atoms with Gasteiger partial charge in [-0.3, -0.25) is 9.52 Å². The normalized spacial score (nSPS) is 16.6. The van der Waals surface area contributed by atoms with Crippen molar-refractivity contribution in [2.24, 2.45) is 0 Å². The molecular weight excluding hydrogens is 572 g/mol. The Kier molecular flexibility index (Phi) is 8.37. The van der Waals surface area contributed by atoms with Crippen molar-refractivity contribution in [3.8, 4) is 0 Å². The molecule has 0 bridgehead atoms. The zero-order chi connectivity index (χ0) is 28.3. The molecule has 2 fully saturated rings. The molecule has 1 amide bonds. The average Bonchev–Trinajstić information content (AvgIpc) is 3.51. The van der Waals surface area contributed by atoms with Gasteiger partial charge in [0.2, 0.25) is 10.0 Å². The Morgan fingerprint density at radius 1 is 0.775 bits per heavy atom. The van der Waals surface area contributed by atoms with Crippen molar-refractivity contribution < 1.29 is 21.6 Å². The maximum Gasteiger partial charge on any atom is 0.264 e. The summed E-state index contributed by atoms with van der Waals surface area (Å²) >= 11 is 6.22. The molecule has 2 heterocycles. The largest absolute Gasteiger partial charge is 0.370 e. The SMILES string of the molecule is O=C(Nc1ccc(N2CCCCC2)c(S(=O)(=O)Nc2ccccc2Cl)c1)c1cccc(S(=O)(=O)N2CCCC2)c1. The van der Waals surface area contributed by atoms with Crippen molar-refractivity contribution in [2.45, 2.75) is 41.9 Å². The zero-order valence-electron chi connectivity index (χ0n) is 21.8. The molecule has 2 N–H and O–H groups in total. The van der Waals surface area contributed by atoms with Gasteiger partial charge < -0.3 is 10.2 Å². The summed E-state index contributed by atoms with van der Waals surface area (Å²) in [4.78, 5) is 15.3. The number of anilines is 3. The Balaban J connectivity index is 1.45.